The molecule has 0 fully saturated rings. The van der Waals surface area contributed by atoms with Crippen molar-refractivity contribution in [3.8, 4) is 0 Å². The van der Waals surface area contributed by atoms with Crippen molar-refractivity contribution in [2.45, 2.75) is 26.7 Å². The molecule has 0 bridgehead atoms. The van der Waals surface area contributed by atoms with Gasteiger partial charge in [-0.25, -0.2) is 0 Å². The summed E-state index contributed by atoms with van der Waals surface area (Å²) in [7, 11) is 0. The van der Waals surface area contributed by atoms with Gasteiger partial charge in [0.1, 0.15) is 0 Å². The maximum Gasteiger partial charge on any atom is 0.304 e. The van der Waals surface area contributed by atoms with Crippen LogP contribution in [-0.4, -0.2) is 22.8 Å². The molecule has 1 aromatic rings. The first-order valence-corrected chi connectivity index (χ1v) is 6.07. The molecule has 0 aromatic heterocycles. The highest BCUT2D eigenvalue weighted by atomic mass is 16.4. The van der Waals surface area contributed by atoms with Crippen LogP contribution in [0, 0.1) is 5.92 Å². The van der Waals surface area contributed by atoms with Crippen LogP contribution in [0.3, 0.4) is 0 Å². The lowest BCUT2D eigenvalue weighted by Crippen LogP contribution is -2.24. The number of ketones is 1. The summed E-state index contributed by atoms with van der Waals surface area (Å²) in [5.74, 6) is -2.00. The summed E-state index contributed by atoms with van der Waals surface area (Å²) in [6.07, 6.45) is 0.249. The molecular formula is C14H17NO4. The van der Waals surface area contributed by atoms with Crippen molar-refractivity contribution in [1.82, 2.24) is 0 Å². The third-order valence-corrected chi connectivity index (χ3v) is 2.82. The zero-order valence-electron chi connectivity index (χ0n) is 11.0. The van der Waals surface area contributed by atoms with Gasteiger partial charge >= 0.3 is 5.97 Å². The minimum Gasteiger partial charge on any atom is -0.481 e. The topological polar surface area (TPSA) is 83.5 Å². The van der Waals surface area contributed by atoms with E-state index in [4.69, 9.17) is 5.11 Å². The van der Waals surface area contributed by atoms with Crippen LogP contribution in [0.4, 0.5) is 5.69 Å². The SMILES string of the molecule is CCC(CC(=O)O)C(=O)Nc1cccc(C(C)=O)c1. The summed E-state index contributed by atoms with van der Waals surface area (Å²) in [6, 6.07) is 6.57. The molecule has 0 heterocycles. The third-order valence-electron chi connectivity index (χ3n) is 2.82. The van der Waals surface area contributed by atoms with E-state index in [1.807, 2.05) is 0 Å². The Morgan fingerprint density at radius 1 is 1.32 bits per heavy atom. The first-order chi connectivity index (χ1) is 8.93. The molecule has 19 heavy (non-hydrogen) atoms. The Morgan fingerprint density at radius 2 is 2.00 bits per heavy atom. The Kier molecular flexibility index (Phi) is 5.23. The fourth-order valence-electron chi connectivity index (χ4n) is 1.69. The summed E-state index contributed by atoms with van der Waals surface area (Å²) < 4.78 is 0. The van der Waals surface area contributed by atoms with Gasteiger partial charge in [0.2, 0.25) is 5.91 Å². The maximum absolute atomic E-state index is 11.9. The van der Waals surface area contributed by atoms with E-state index in [9.17, 15) is 14.4 Å². The lowest BCUT2D eigenvalue weighted by Gasteiger charge is -2.13. The minimum absolute atomic E-state index is 0.0892. The molecule has 1 amide bonds. The molecule has 5 nitrogen and oxygen atoms in total. The number of amides is 1. The van der Waals surface area contributed by atoms with E-state index in [0.717, 1.165) is 0 Å². The second kappa shape index (κ2) is 6.68. The first-order valence-electron chi connectivity index (χ1n) is 6.07. The fourth-order valence-corrected chi connectivity index (χ4v) is 1.69. The molecule has 1 unspecified atom stereocenters. The van der Waals surface area contributed by atoms with Gasteiger partial charge in [-0.3, -0.25) is 14.4 Å². The number of carboxylic acids is 1. The highest BCUT2D eigenvalue weighted by Gasteiger charge is 2.19. The van der Waals surface area contributed by atoms with Crippen LogP contribution in [0.1, 0.15) is 37.0 Å². The smallest absolute Gasteiger partial charge is 0.304 e. The third kappa shape index (κ3) is 4.54. The van der Waals surface area contributed by atoms with Crippen molar-refractivity contribution in [2.75, 3.05) is 5.32 Å². The predicted molar refractivity (Wildman–Crippen MR) is 71.1 cm³/mol. The van der Waals surface area contributed by atoms with Gasteiger partial charge in [-0.15, -0.1) is 0 Å². The summed E-state index contributed by atoms with van der Waals surface area (Å²) in [6.45, 7) is 3.21. The number of carboxylic acid groups (broad SMARTS) is 1. The van der Waals surface area contributed by atoms with Gasteiger partial charge in [0.05, 0.1) is 6.42 Å². The maximum atomic E-state index is 11.9. The van der Waals surface area contributed by atoms with Crippen LogP contribution >= 0.6 is 0 Å². The monoisotopic (exact) mass is 263 g/mol. The van der Waals surface area contributed by atoms with Gasteiger partial charge in [0, 0.05) is 17.2 Å². The number of hydrogen-bond acceptors (Lipinski definition) is 3. The molecular weight excluding hydrogens is 246 g/mol. The van der Waals surface area contributed by atoms with Crippen LogP contribution in [0.15, 0.2) is 24.3 Å². The van der Waals surface area contributed by atoms with E-state index < -0.39 is 11.9 Å². The molecule has 2 N–H and O–H groups in total. The lowest BCUT2D eigenvalue weighted by molar-refractivity contribution is -0.140. The summed E-state index contributed by atoms with van der Waals surface area (Å²) in [5, 5.41) is 11.4. The van der Waals surface area contributed by atoms with Crippen LogP contribution in [0.2, 0.25) is 0 Å². The van der Waals surface area contributed by atoms with Crippen LogP contribution in [-0.2, 0) is 9.59 Å². The van der Waals surface area contributed by atoms with E-state index in [1.54, 1.807) is 31.2 Å². The molecule has 0 saturated heterocycles. The second-order valence-electron chi connectivity index (χ2n) is 4.33. The summed E-state index contributed by atoms with van der Waals surface area (Å²) in [5.41, 5.74) is 1.01. The molecule has 0 radical (unpaired) electrons. The minimum atomic E-state index is -1.00. The van der Waals surface area contributed by atoms with Gasteiger partial charge in [-0.1, -0.05) is 19.1 Å². The number of nitrogens with one attached hydrogen (secondary N) is 1. The van der Waals surface area contributed by atoms with E-state index in [1.165, 1.54) is 6.92 Å². The Balaban J connectivity index is 2.78. The Labute approximate surface area is 111 Å². The van der Waals surface area contributed by atoms with Crippen molar-refractivity contribution in [1.29, 1.82) is 0 Å². The van der Waals surface area contributed by atoms with Crippen LogP contribution < -0.4 is 5.32 Å². The van der Waals surface area contributed by atoms with Gasteiger partial charge in [-0.05, 0) is 25.5 Å². The van der Waals surface area contributed by atoms with Gasteiger partial charge in [0.25, 0.3) is 0 Å². The lowest BCUT2D eigenvalue weighted by atomic mass is 10.0. The van der Waals surface area contributed by atoms with Crippen molar-refractivity contribution in [3.63, 3.8) is 0 Å². The molecule has 0 aliphatic rings. The average Bonchev–Trinajstić information content (AvgIpc) is 2.35. The predicted octanol–water partition coefficient (Wildman–Crippen LogP) is 2.33. The van der Waals surface area contributed by atoms with E-state index in [2.05, 4.69) is 5.32 Å². The quantitative estimate of drug-likeness (QED) is 0.771. The molecule has 1 aromatic carbocycles. The Bertz CT molecular complexity index is 496. The molecule has 102 valence electrons. The van der Waals surface area contributed by atoms with E-state index >= 15 is 0 Å². The van der Waals surface area contributed by atoms with Crippen LogP contribution in [0.5, 0.6) is 0 Å². The number of benzene rings is 1. The second-order valence-corrected chi connectivity index (χ2v) is 4.33. The standard InChI is InChI=1S/C14H17NO4/c1-3-10(8-13(17)18)14(19)15-12-6-4-5-11(7-12)9(2)16/h4-7,10H,3,8H2,1-2H3,(H,15,19)(H,17,18). The number of rotatable bonds is 6. The van der Waals surface area contributed by atoms with Crippen molar-refractivity contribution < 1.29 is 19.5 Å². The Hall–Kier alpha value is -2.17. The molecule has 5 heteroatoms. The summed E-state index contributed by atoms with van der Waals surface area (Å²) >= 11 is 0. The number of aliphatic carboxylic acids is 1. The molecule has 0 aliphatic carbocycles. The molecule has 1 atom stereocenters. The first kappa shape index (κ1) is 14.9. The zero-order chi connectivity index (χ0) is 14.4. The van der Waals surface area contributed by atoms with Crippen molar-refractivity contribution in [3.05, 3.63) is 29.8 Å². The summed E-state index contributed by atoms with van der Waals surface area (Å²) in [4.78, 5) is 33.8. The average molecular weight is 263 g/mol. The van der Waals surface area contributed by atoms with Crippen molar-refractivity contribution in [2.24, 2.45) is 5.92 Å². The number of anilines is 1. The van der Waals surface area contributed by atoms with Crippen LogP contribution in [0.25, 0.3) is 0 Å². The zero-order valence-corrected chi connectivity index (χ0v) is 11.0. The van der Waals surface area contributed by atoms with Gasteiger partial charge in [-0.2, -0.15) is 0 Å². The Morgan fingerprint density at radius 3 is 2.53 bits per heavy atom. The number of hydrogen-bond donors (Lipinski definition) is 2. The fraction of sp³-hybridized carbons (Fsp3) is 0.357. The number of carbonyl (C=O) groups is 3. The number of Topliss-reactive ketones (excluding diaryl/α,β-unsaturated/α-hetero) is 1. The number of carbonyl (C=O) groups excluding carboxylic acids is 2. The molecule has 0 spiro atoms. The highest BCUT2D eigenvalue weighted by molar-refractivity contribution is 5.98. The normalized spacial score (nSPS) is 11.7. The van der Waals surface area contributed by atoms with Crippen molar-refractivity contribution >= 4 is 23.3 Å². The van der Waals surface area contributed by atoms with E-state index in [-0.39, 0.29) is 18.1 Å². The molecule has 1 rings (SSSR count). The van der Waals surface area contributed by atoms with Gasteiger partial charge < -0.3 is 10.4 Å². The molecule has 0 saturated carbocycles. The van der Waals surface area contributed by atoms with Gasteiger partial charge in [0.15, 0.2) is 5.78 Å². The largest absolute Gasteiger partial charge is 0.481 e. The molecule has 0 aliphatic heterocycles. The highest BCUT2D eigenvalue weighted by Crippen LogP contribution is 2.15. The van der Waals surface area contributed by atoms with E-state index in [0.29, 0.717) is 17.7 Å².